The second-order valence-corrected chi connectivity index (χ2v) is 5.54. The largest absolute Gasteiger partial charge is 0.497 e. The highest BCUT2D eigenvalue weighted by atomic mass is 35.5. The molecule has 0 saturated carbocycles. The summed E-state index contributed by atoms with van der Waals surface area (Å²) >= 11 is 6.15. The fourth-order valence-corrected chi connectivity index (χ4v) is 2.34. The Hall–Kier alpha value is -2.53. The SMILES string of the molecule is CCCNC(=O)c1ccc(NC(=O)c2cccc(OC)c2)cc1Cl. The van der Waals surface area contributed by atoms with Crippen LogP contribution in [-0.2, 0) is 0 Å². The molecule has 0 aliphatic heterocycles. The molecule has 2 amide bonds. The first-order chi connectivity index (χ1) is 11.5. The van der Waals surface area contributed by atoms with Gasteiger partial charge in [-0.15, -0.1) is 0 Å². The number of benzene rings is 2. The van der Waals surface area contributed by atoms with E-state index in [1.54, 1.807) is 49.6 Å². The van der Waals surface area contributed by atoms with Crippen LogP contribution in [0.2, 0.25) is 5.02 Å². The lowest BCUT2D eigenvalue weighted by Gasteiger charge is -2.10. The highest BCUT2D eigenvalue weighted by Gasteiger charge is 2.12. The summed E-state index contributed by atoms with van der Waals surface area (Å²) in [7, 11) is 1.54. The molecule has 24 heavy (non-hydrogen) atoms. The number of ether oxygens (including phenoxy) is 1. The number of amides is 2. The zero-order valence-corrected chi connectivity index (χ0v) is 14.3. The molecule has 126 valence electrons. The number of nitrogens with one attached hydrogen (secondary N) is 2. The number of methoxy groups -OCH3 is 1. The number of halogens is 1. The van der Waals surface area contributed by atoms with Crippen molar-refractivity contribution in [3.8, 4) is 5.75 Å². The van der Waals surface area contributed by atoms with Gasteiger partial charge in [0, 0.05) is 17.8 Å². The molecule has 0 bridgehead atoms. The van der Waals surface area contributed by atoms with Crippen molar-refractivity contribution in [3.05, 3.63) is 58.6 Å². The first-order valence-corrected chi connectivity index (χ1v) is 7.96. The average molecular weight is 347 g/mol. The van der Waals surface area contributed by atoms with E-state index >= 15 is 0 Å². The zero-order chi connectivity index (χ0) is 17.5. The van der Waals surface area contributed by atoms with Crippen LogP contribution in [0.25, 0.3) is 0 Å². The van der Waals surface area contributed by atoms with Gasteiger partial charge < -0.3 is 15.4 Å². The maximum absolute atomic E-state index is 12.3. The van der Waals surface area contributed by atoms with Crippen LogP contribution < -0.4 is 15.4 Å². The van der Waals surface area contributed by atoms with E-state index in [2.05, 4.69) is 10.6 Å². The molecule has 0 aromatic heterocycles. The molecular formula is C18H19ClN2O3. The molecule has 0 fully saturated rings. The van der Waals surface area contributed by atoms with Gasteiger partial charge in [0.25, 0.3) is 11.8 Å². The summed E-state index contributed by atoms with van der Waals surface area (Å²) < 4.78 is 5.10. The van der Waals surface area contributed by atoms with E-state index in [-0.39, 0.29) is 16.8 Å². The van der Waals surface area contributed by atoms with Crippen molar-refractivity contribution in [2.75, 3.05) is 19.0 Å². The predicted octanol–water partition coefficient (Wildman–Crippen LogP) is 3.74. The Labute approximate surface area is 146 Å². The number of carbonyl (C=O) groups excluding carboxylic acids is 2. The first kappa shape index (κ1) is 17.8. The van der Waals surface area contributed by atoms with Crippen LogP contribution in [0, 0.1) is 0 Å². The van der Waals surface area contributed by atoms with E-state index < -0.39 is 0 Å². The molecule has 0 aliphatic rings. The Balaban J connectivity index is 2.11. The molecule has 0 unspecified atom stereocenters. The maximum atomic E-state index is 12.3. The van der Waals surface area contributed by atoms with E-state index in [9.17, 15) is 9.59 Å². The third-order valence-corrected chi connectivity index (χ3v) is 3.65. The first-order valence-electron chi connectivity index (χ1n) is 7.58. The van der Waals surface area contributed by atoms with Gasteiger partial charge in [0.05, 0.1) is 17.7 Å². The summed E-state index contributed by atoms with van der Waals surface area (Å²) in [6, 6.07) is 11.6. The van der Waals surface area contributed by atoms with Crippen molar-refractivity contribution in [2.45, 2.75) is 13.3 Å². The second kappa shape index (κ2) is 8.36. The standard InChI is InChI=1S/C18H19ClN2O3/c1-3-9-20-18(23)15-8-7-13(11-16(15)19)21-17(22)12-5-4-6-14(10-12)24-2/h4-8,10-11H,3,9H2,1-2H3,(H,20,23)(H,21,22). The number of carbonyl (C=O) groups is 2. The van der Waals surface area contributed by atoms with Crippen molar-refractivity contribution in [3.63, 3.8) is 0 Å². The van der Waals surface area contributed by atoms with Crippen molar-refractivity contribution in [1.82, 2.24) is 5.32 Å². The molecule has 0 radical (unpaired) electrons. The number of rotatable bonds is 6. The summed E-state index contributed by atoms with van der Waals surface area (Å²) in [5.41, 5.74) is 1.36. The van der Waals surface area contributed by atoms with E-state index in [0.717, 1.165) is 6.42 Å². The minimum absolute atomic E-state index is 0.229. The van der Waals surface area contributed by atoms with Gasteiger partial charge in [-0.1, -0.05) is 24.6 Å². The highest BCUT2D eigenvalue weighted by Crippen LogP contribution is 2.22. The van der Waals surface area contributed by atoms with Gasteiger partial charge in [0.2, 0.25) is 0 Å². The van der Waals surface area contributed by atoms with Gasteiger partial charge >= 0.3 is 0 Å². The molecule has 0 saturated heterocycles. The molecule has 2 aromatic rings. The van der Waals surface area contributed by atoms with Crippen molar-refractivity contribution in [2.24, 2.45) is 0 Å². The number of hydrogen-bond acceptors (Lipinski definition) is 3. The topological polar surface area (TPSA) is 67.4 Å². The summed E-state index contributed by atoms with van der Waals surface area (Å²) in [5.74, 6) is 0.0873. The Morgan fingerprint density at radius 3 is 2.58 bits per heavy atom. The van der Waals surface area contributed by atoms with Crippen LogP contribution in [0.3, 0.4) is 0 Å². The van der Waals surface area contributed by atoms with E-state index in [4.69, 9.17) is 16.3 Å². The van der Waals surface area contributed by atoms with Crippen LogP contribution in [0.15, 0.2) is 42.5 Å². The van der Waals surface area contributed by atoms with E-state index in [1.807, 2.05) is 6.92 Å². The van der Waals surface area contributed by atoms with Crippen LogP contribution in [0.1, 0.15) is 34.1 Å². The Bertz CT molecular complexity index is 747. The molecule has 6 heteroatoms. The fraction of sp³-hybridized carbons (Fsp3) is 0.222. The lowest BCUT2D eigenvalue weighted by Crippen LogP contribution is -2.24. The molecule has 0 heterocycles. The number of anilines is 1. The maximum Gasteiger partial charge on any atom is 0.255 e. The second-order valence-electron chi connectivity index (χ2n) is 5.14. The fourth-order valence-electron chi connectivity index (χ4n) is 2.08. The predicted molar refractivity (Wildman–Crippen MR) is 95.0 cm³/mol. The van der Waals surface area contributed by atoms with Crippen LogP contribution in [-0.4, -0.2) is 25.5 Å². The van der Waals surface area contributed by atoms with Crippen molar-refractivity contribution in [1.29, 1.82) is 0 Å². The highest BCUT2D eigenvalue weighted by molar-refractivity contribution is 6.34. The Morgan fingerprint density at radius 1 is 1.12 bits per heavy atom. The van der Waals surface area contributed by atoms with Crippen molar-refractivity contribution < 1.29 is 14.3 Å². The summed E-state index contributed by atoms with van der Waals surface area (Å²) in [6.45, 7) is 2.56. The molecule has 0 aliphatic carbocycles. The van der Waals surface area contributed by atoms with Crippen LogP contribution in [0.4, 0.5) is 5.69 Å². The monoisotopic (exact) mass is 346 g/mol. The smallest absolute Gasteiger partial charge is 0.255 e. The van der Waals surface area contributed by atoms with Gasteiger partial charge in [-0.25, -0.2) is 0 Å². The van der Waals surface area contributed by atoms with Crippen LogP contribution in [0.5, 0.6) is 5.75 Å². The quantitative estimate of drug-likeness (QED) is 0.837. The van der Waals surface area contributed by atoms with Gasteiger partial charge in [-0.3, -0.25) is 9.59 Å². The van der Waals surface area contributed by atoms with Gasteiger partial charge in [-0.05, 0) is 42.8 Å². The third kappa shape index (κ3) is 4.49. The van der Waals surface area contributed by atoms with Gasteiger partial charge in [-0.2, -0.15) is 0 Å². The molecule has 0 spiro atoms. The minimum atomic E-state index is -0.284. The minimum Gasteiger partial charge on any atom is -0.497 e. The molecule has 2 aromatic carbocycles. The van der Waals surface area contributed by atoms with Gasteiger partial charge in [0.15, 0.2) is 0 Å². The van der Waals surface area contributed by atoms with Crippen molar-refractivity contribution >= 4 is 29.1 Å². The summed E-state index contributed by atoms with van der Waals surface area (Å²) in [5, 5.41) is 5.80. The average Bonchev–Trinajstić information content (AvgIpc) is 2.59. The normalized spacial score (nSPS) is 10.1. The molecule has 2 N–H and O–H groups in total. The summed E-state index contributed by atoms with van der Waals surface area (Å²) in [4.78, 5) is 24.2. The third-order valence-electron chi connectivity index (χ3n) is 3.34. The Morgan fingerprint density at radius 2 is 1.92 bits per heavy atom. The molecular weight excluding hydrogens is 328 g/mol. The van der Waals surface area contributed by atoms with E-state index in [1.165, 1.54) is 0 Å². The lowest BCUT2D eigenvalue weighted by atomic mass is 10.1. The van der Waals surface area contributed by atoms with E-state index in [0.29, 0.717) is 29.1 Å². The molecule has 5 nitrogen and oxygen atoms in total. The Kier molecular flexibility index (Phi) is 6.21. The van der Waals surface area contributed by atoms with Gasteiger partial charge in [0.1, 0.15) is 5.75 Å². The number of hydrogen-bond donors (Lipinski definition) is 2. The summed E-state index contributed by atoms with van der Waals surface area (Å²) in [6.07, 6.45) is 0.845. The zero-order valence-electron chi connectivity index (χ0n) is 13.6. The van der Waals surface area contributed by atoms with Crippen LogP contribution >= 0.6 is 11.6 Å². The lowest BCUT2D eigenvalue weighted by molar-refractivity contribution is 0.0953. The molecule has 2 rings (SSSR count). The molecule has 0 atom stereocenters.